The lowest BCUT2D eigenvalue weighted by Gasteiger charge is -2.04. The summed E-state index contributed by atoms with van der Waals surface area (Å²) in [6.45, 7) is 6.71. The Morgan fingerprint density at radius 1 is 0.500 bits per heavy atom. The molecule has 0 rings (SSSR count). The summed E-state index contributed by atoms with van der Waals surface area (Å²) in [5, 5.41) is 0. The highest BCUT2D eigenvalue weighted by Gasteiger charge is 2.08. The van der Waals surface area contributed by atoms with Crippen LogP contribution in [0.15, 0.2) is 35.7 Å². The van der Waals surface area contributed by atoms with Crippen molar-refractivity contribution >= 4 is 7.14 Å². The van der Waals surface area contributed by atoms with Crippen LogP contribution in [0.25, 0.3) is 0 Å². The molecule has 0 spiro atoms. The molecule has 0 aliphatic heterocycles. The van der Waals surface area contributed by atoms with Crippen LogP contribution in [0.2, 0.25) is 0 Å². The van der Waals surface area contributed by atoms with Crippen molar-refractivity contribution in [1.82, 2.24) is 0 Å². The van der Waals surface area contributed by atoms with Gasteiger partial charge < -0.3 is 4.57 Å². The Morgan fingerprint density at radius 3 is 1.08 bits per heavy atom. The van der Waals surface area contributed by atoms with Crippen molar-refractivity contribution in [3.8, 4) is 0 Å². The largest absolute Gasteiger partial charge is 0.311 e. The minimum absolute atomic E-state index is 1.05. The van der Waals surface area contributed by atoms with E-state index in [9.17, 15) is 4.57 Å². The van der Waals surface area contributed by atoms with Crippen LogP contribution in [-0.2, 0) is 4.57 Å². The van der Waals surface area contributed by atoms with Crippen LogP contribution in [0.5, 0.6) is 0 Å². The topological polar surface area (TPSA) is 17.1 Å². The van der Waals surface area contributed by atoms with Crippen LogP contribution in [0.4, 0.5) is 0 Å². The van der Waals surface area contributed by atoms with Gasteiger partial charge in [0.05, 0.1) is 0 Å². The number of hydrogen-bond acceptors (Lipinski definition) is 1. The van der Waals surface area contributed by atoms with Gasteiger partial charge in [-0.2, -0.15) is 0 Å². The van der Waals surface area contributed by atoms with Gasteiger partial charge in [0.1, 0.15) is 7.14 Å². The van der Waals surface area contributed by atoms with E-state index < -0.39 is 7.14 Å². The smallest absolute Gasteiger partial charge is 0.149 e. The lowest BCUT2D eigenvalue weighted by molar-refractivity contribution is 0.591. The number of hydrogen-bond donors (Lipinski definition) is 0. The minimum Gasteiger partial charge on any atom is -0.311 e. The third kappa shape index (κ3) is 16.9. The van der Waals surface area contributed by atoms with E-state index in [1.807, 2.05) is 17.5 Å². The molecular formula is C24H45OP. The summed E-state index contributed by atoms with van der Waals surface area (Å²) in [4.78, 5) is 0. The lowest BCUT2D eigenvalue weighted by Crippen LogP contribution is -1.77. The first-order valence-electron chi connectivity index (χ1n) is 11.3. The predicted octanol–water partition coefficient (Wildman–Crippen LogP) is 9.80. The highest BCUT2D eigenvalue weighted by Crippen LogP contribution is 2.51. The molecule has 0 bridgehead atoms. The molecular weight excluding hydrogens is 335 g/mol. The van der Waals surface area contributed by atoms with Gasteiger partial charge in [-0.3, -0.25) is 0 Å². The fraction of sp³-hybridized carbons (Fsp3) is 0.750. The second kappa shape index (κ2) is 19.2. The van der Waals surface area contributed by atoms with Crippen LogP contribution < -0.4 is 0 Å². The number of allylic oxidation sites excluding steroid dienone is 3. The Morgan fingerprint density at radius 2 is 0.808 bits per heavy atom. The van der Waals surface area contributed by atoms with Gasteiger partial charge in [0, 0.05) is 0 Å². The second-order valence-electron chi connectivity index (χ2n) is 7.47. The van der Waals surface area contributed by atoms with E-state index in [4.69, 9.17) is 0 Å². The molecule has 1 nitrogen and oxygen atoms in total. The molecule has 0 aromatic heterocycles. The predicted molar refractivity (Wildman–Crippen MR) is 121 cm³/mol. The van der Waals surface area contributed by atoms with Gasteiger partial charge in [0.15, 0.2) is 0 Å². The molecule has 0 saturated heterocycles. The van der Waals surface area contributed by atoms with Crippen LogP contribution in [0, 0.1) is 0 Å². The molecule has 0 radical (unpaired) electrons. The highest BCUT2D eigenvalue weighted by atomic mass is 31.2. The van der Waals surface area contributed by atoms with Gasteiger partial charge in [-0.05, 0) is 56.0 Å². The third-order valence-corrected chi connectivity index (χ3v) is 6.72. The summed E-state index contributed by atoms with van der Waals surface area (Å²) in [6.07, 6.45) is 24.8. The van der Waals surface area contributed by atoms with Crippen molar-refractivity contribution in [3.05, 3.63) is 35.7 Å². The van der Waals surface area contributed by atoms with Crippen LogP contribution in [0.3, 0.4) is 0 Å². The van der Waals surface area contributed by atoms with Crippen LogP contribution in [-0.4, -0.2) is 0 Å². The maximum atomic E-state index is 13.2. The molecule has 0 N–H and O–H groups in total. The van der Waals surface area contributed by atoms with Crippen LogP contribution >= 0.6 is 7.14 Å². The Kier molecular flexibility index (Phi) is 18.8. The van der Waals surface area contributed by atoms with E-state index in [2.05, 4.69) is 39.0 Å². The van der Waals surface area contributed by atoms with Crippen LogP contribution in [0.1, 0.15) is 117 Å². The normalized spacial score (nSPS) is 14.7. The highest BCUT2D eigenvalue weighted by molar-refractivity contribution is 7.73. The fourth-order valence-corrected chi connectivity index (χ4v) is 4.67. The zero-order valence-corrected chi connectivity index (χ0v) is 18.8. The molecule has 2 heteroatoms. The lowest BCUT2D eigenvalue weighted by atomic mass is 10.2. The van der Waals surface area contributed by atoms with E-state index in [-0.39, 0.29) is 0 Å². The molecule has 0 aliphatic rings. The van der Waals surface area contributed by atoms with Gasteiger partial charge in [0.2, 0.25) is 0 Å². The first-order valence-corrected chi connectivity index (χ1v) is 13.2. The van der Waals surface area contributed by atoms with Crippen molar-refractivity contribution in [2.24, 2.45) is 0 Å². The second-order valence-corrected chi connectivity index (χ2v) is 9.89. The first kappa shape index (κ1) is 25.4. The zero-order chi connectivity index (χ0) is 19.3. The van der Waals surface area contributed by atoms with E-state index in [1.165, 1.54) is 77.0 Å². The average Bonchev–Trinajstić information content (AvgIpc) is 2.64. The van der Waals surface area contributed by atoms with Crippen molar-refractivity contribution in [2.75, 3.05) is 0 Å². The van der Waals surface area contributed by atoms with E-state index in [0.717, 1.165) is 19.3 Å². The number of rotatable bonds is 18. The first-order chi connectivity index (χ1) is 12.7. The van der Waals surface area contributed by atoms with Gasteiger partial charge >= 0.3 is 0 Å². The standard InChI is InChI=1S/C24H45OP/c1-4-7-10-13-16-19-22-26(25,23-20-17-14-11-8-5-2)24-21-18-15-12-9-6-3/h19-24H,4-18H2,1-3H3. The molecule has 0 atom stereocenters. The van der Waals surface area contributed by atoms with Gasteiger partial charge in [-0.1, -0.05) is 96.8 Å². The number of unbranched alkanes of at least 4 members (excludes halogenated alkanes) is 12. The molecule has 0 aliphatic carbocycles. The molecule has 0 heterocycles. The Bertz CT molecular complexity index is 358. The summed E-state index contributed by atoms with van der Waals surface area (Å²) >= 11 is 0. The average molecular weight is 381 g/mol. The molecule has 0 aromatic rings. The monoisotopic (exact) mass is 380 g/mol. The molecule has 26 heavy (non-hydrogen) atoms. The van der Waals surface area contributed by atoms with Gasteiger partial charge in [0.25, 0.3) is 0 Å². The van der Waals surface area contributed by atoms with Crippen molar-refractivity contribution in [3.63, 3.8) is 0 Å². The summed E-state index contributed by atoms with van der Waals surface area (Å²) in [5.74, 6) is 5.97. The molecule has 0 aromatic carbocycles. The van der Waals surface area contributed by atoms with Gasteiger partial charge in [-0.15, -0.1) is 0 Å². The van der Waals surface area contributed by atoms with E-state index in [1.54, 1.807) is 0 Å². The Labute approximate surface area is 164 Å². The fourth-order valence-electron chi connectivity index (χ4n) is 2.93. The summed E-state index contributed by atoms with van der Waals surface area (Å²) in [5.41, 5.74) is 0. The zero-order valence-electron chi connectivity index (χ0n) is 17.9. The molecule has 152 valence electrons. The molecule has 0 unspecified atom stereocenters. The maximum absolute atomic E-state index is 13.2. The Balaban J connectivity index is 4.48. The maximum Gasteiger partial charge on any atom is 0.149 e. The molecule has 0 fully saturated rings. The quantitative estimate of drug-likeness (QED) is 0.171. The SMILES string of the molecule is CCCCCCC=CP(=O)(C=CCCCCCC)C=CCCCCCC. The summed E-state index contributed by atoms with van der Waals surface area (Å²) in [7, 11) is -2.43. The summed E-state index contributed by atoms with van der Waals surface area (Å²) in [6, 6.07) is 0. The molecule has 0 amide bonds. The van der Waals surface area contributed by atoms with Crippen molar-refractivity contribution in [2.45, 2.75) is 117 Å². The van der Waals surface area contributed by atoms with Crippen molar-refractivity contribution < 1.29 is 4.57 Å². The van der Waals surface area contributed by atoms with Gasteiger partial charge in [-0.25, -0.2) is 0 Å². The minimum atomic E-state index is -2.43. The summed E-state index contributed by atoms with van der Waals surface area (Å²) < 4.78 is 13.2. The Hall–Kier alpha value is -0.550. The van der Waals surface area contributed by atoms with E-state index in [0.29, 0.717) is 0 Å². The third-order valence-electron chi connectivity index (χ3n) is 4.69. The molecule has 0 saturated carbocycles. The van der Waals surface area contributed by atoms with Crippen molar-refractivity contribution in [1.29, 1.82) is 0 Å². The van der Waals surface area contributed by atoms with E-state index >= 15 is 0 Å².